The smallest absolute Gasteiger partial charge is 0.268 e. The van der Waals surface area contributed by atoms with E-state index in [1.54, 1.807) is 42.5 Å². The van der Waals surface area contributed by atoms with Gasteiger partial charge < -0.3 is 0 Å². The molecule has 0 aliphatic carbocycles. The van der Waals surface area contributed by atoms with Gasteiger partial charge in [0, 0.05) is 10.0 Å². The van der Waals surface area contributed by atoms with Gasteiger partial charge >= 0.3 is 0 Å². The largest absolute Gasteiger partial charge is 0.270 e. The van der Waals surface area contributed by atoms with Gasteiger partial charge in [-0.15, -0.1) is 0 Å². The van der Waals surface area contributed by atoms with Crippen LogP contribution in [0.5, 0.6) is 0 Å². The minimum atomic E-state index is -0.141. The van der Waals surface area contributed by atoms with Crippen molar-refractivity contribution in [2.75, 3.05) is 4.90 Å². The molecule has 2 aromatic carbocycles. The van der Waals surface area contributed by atoms with Crippen LogP contribution in [0.1, 0.15) is 5.56 Å². The first-order chi connectivity index (χ1) is 10.5. The third-order valence-corrected chi connectivity index (χ3v) is 4.81. The number of hydrogen-bond donors (Lipinski definition) is 0. The molecule has 1 aliphatic heterocycles. The molecule has 0 spiro atoms. The summed E-state index contributed by atoms with van der Waals surface area (Å²) in [5.74, 6) is -0.141. The zero-order valence-electron chi connectivity index (χ0n) is 11.1. The molecule has 6 heteroatoms. The standard InChI is InChI=1S/C16H9Cl2NOS2/c17-11-4-6-13(7-5-11)19-15(20)14(22-16(19)21)9-10-2-1-3-12(18)8-10/h1-9H/b14-9+. The maximum absolute atomic E-state index is 12.6. The van der Waals surface area contributed by atoms with Gasteiger partial charge in [-0.2, -0.15) is 0 Å². The summed E-state index contributed by atoms with van der Waals surface area (Å²) in [4.78, 5) is 14.7. The molecule has 0 aromatic heterocycles. The predicted octanol–water partition coefficient (Wildman–Crippen LogP) is 5.40. The van der Waals surface area contributed by atoms with Crippen LogP contribution >= 0.6 is 47.2 Å². The predicted molar refractivity (Wildman–Crippen MR) is 98.6 cm³/mol. The number of nitrogens with zero attached hydrogens (tertiary/aromatic N) is 1. The zero-order chi connectivity index (χ0) is 15.7. The molecule has 22 heavy (non-hydrogen) atoms. The van der Waals surface area contributed by atoms with E-state index in [0.717, 1.165) is 5.56 Å². The maximum atomic E-state index is 12.6. The molecule has 1 fully saturated rings. The Morgan fingerprint density at radius 3 is 2.45 bits per heavy atom. The van der Waals surface area contributed by atoms with Crippen LogP contribution in [0.2, 0.25) is 10.0 Å². The molecule has 2 nitrogen and oxygen atoms in total. The van der Waals surface area contributed by atoms with Crippen LogP contribution in [0.25, 0.3) is 6.08 Å². The number of rotatable bonds is 2. The minimum absolute atomic E-state index is 0.141. The molecule has 0 bridgehead atoms. The molecular weight excluding hydrogens is 357 g/mol. The lowest BCUT2D eigenvalue weighted by molar-refractivity contribution is -0.113. The van der Waals surface area contributed by atoms with Crippen LogP contribution in [0.4, 0.5) is 5.69 Å². The average molecular weight is 366 g/mol. The summed E-state index contributed by atoms with van der Waals surface area (Å²) in [7, 11) is 0. The third kappa shape index (κ3) is 3.20. The van der Waals surface area contributed by atoms with Gasteiger partial charge in [0.15, 0.2) is 4.32 Å². The van der Waals surface area contributed by atoms with Crippen LogP contribution in [-0.2, 0) is 4.79 Å². The Kier molecular flexibility index (Phi) is 4.54. The summed E-state index contributed by atoms with van der Waals surface area (Å²) in [5, 5.41) is 1.24. The Morgan fingerprint density at radius 1 is 1.05 bits per heavy atom. The molecule has 0 radical (unpaired) electrons. The number of thiocarbonyl (C=S) groups is 1. The van der Waals surface area contributed by atoms with Gasteiger partial charge in [-0.05, 0) is 48.0 Å². The Balaban J connectivity index is 1.93. The van der Waals surface area contributed by atoms with Crippen LogP contribution in [0, 0.1) is 0 Å². The van der Waals surface area contributed by atoms with E-state index in [0.29, 0.717) is 25.0 Å². The lowest BCUT2D eigenvalue weighted by Crippen LogP contribution is -2.27. The number of carbonyl (C=O) groups is 1. The topological polar surface area (TPSA) is 20.3 Å². The van der Waals surface area contributed by atoms with Gasteiger partial charge in [-0.25, -0.2) is 0 Å². The fraction of sp³-hybridized carbons (Fsp3) is 0. The van der Waals surface area contributed by atoms with Gasteiger partial charge in [0.2, 0.25) is 0 Å². The zero-order valence-corrected chi connectivity index (χ0v) is 14.3. The van der Waals surface area contributed by atoms with Crippen LogP contribution in [-0.4, -0.2) is 10.2 Å². The summed E-state index contributed by atoms with van der Waals surface area (Å²) >= 11 is 18.4. The Hall–Kier alpha value is -1.33. The van der Waals surface area contributed by atoms with Crippen molar-refractivity contribution in [1.82, 2.24) is 0 Å². The van der Waals surface area contributed by atoms with E-state index in [2.05, 4.69) is 0 Å². The lowest BCUT2D eigenvalue weighted by Gasteiger charge is -2.14. The van der Waals surface area contributed by atoms with Gasteiger partial charge in [0.25, 0.3) is 5.91 Å². The van der Waals surface area contributed by atoms with Gasteiger partial charge in [-0.3, -0.25) is 9.69 Å². The van der Waals surface area contributed by atoms with Crippen molar-refractivity contribution in [3.63, 3.8) is 0 Å². The second-order valence-electron chi connectivity index (χ2n) is 4.55. The third-order valence-electron chi connectivity index (χ3n) is 3.02. The Labute approximate surface area is 147 Å². The fourth-order valence-corrected chi connectivity index (χ4v) is 3.65. The second-order valence-corrected chi connectivity index (χ2v) is 7.10. The highest BCUT2D eigenvalue weighted by Gasteiger charge is 2.33. The molecule has 3 rings (SSSR count). The molecule has 0 saturated carbocycles. The molecule has 1 aliphatic rings. The van der Waals surface area contributed by atoms with Crippen LogP contribution in [0.15, 0.2) is 53.4 Å². The molecule has 1 heterocycles. The number of thioether (sulfide) groups is 1. The first-order valence-electron chi connectivity index (χ1n) is 6.34. The van der Waals surface area contributed by atoms with E-state index in [-0.39, 0.29) is 5.91 Å². The molecule has 1 saturated heterocycles. The quantitative estimate of drug-likeness (QED) is 0.524. The monoisotopic (exact) mass is 365 g/mol. The summed E-state index contributed by atoms with van der Waals surface area (Å²) in [6.07, 6.45) is 1.79. The normalized spacial score (nSPS) is 16.6. The summed E-state index contributed by atoms with van der Waals surface area (Å²) in [5.41, 5.74) is 1.57. The summed E-state index contributed by atoms with van der Waals surface area (Å²) in [6, 6.07) is 14.3. The number of anilines is 1. The van der Waals surface area contributed by atoms with E-state index in [1.807, 2.05) is 12.1 Å². The maximum Gasteiger partial charge on any atom is 0.270 e. The SMILES string of the molecule is O=C1/C(=C\c2cccc(Cl)c2)SC(=S)N1c1ccc(Cl)cc1. The number of halogens is 2. The average Bonchev–Trinajstić information content (AvgIpc) is 2.75. The molecule has 1 amide bonds. The van der Waals surface area contributed by atoms with Crippen molar-refractivity contribution < 1.29 is 4.79 Å². The first kappa shape index (κ1) is 15.6. The number of hydrogen-bond acceptors (Lipinski definition) is 3. The van der Waals surface area contributed by atoms with E-state index in [1.165, 1.54) is 16.7 Å². The van der Waals surface area contributed by atoms with Crippen molar-refractivity contribution >= 4 is 69.2 Å². The highest BCUT2D eigenvalue weighted by atomic mass is 35.5. The van der Waals surface area contributed by atoms with Gasteiger partial charge in [0.1, 0.15) is 0 Å². The van der Waals surface area contributed by atoms with E-state index >= 15 is 0 Å². The van der Waals surface area contributed by atoms with Crippen molar-refractivity contribution in [1.29, 1.82) is 0 Å². The van der Waals surface area contributed by atoms with Crippen LogP contribution in [0.3, 0.4) is 0 Å². The Morgan fingerprint density at radius 2 is 1.77 bits per heavy atom. The Bertz CT molecular complexity index is 787. The highest BCUT2D eigenvalue weighted by Crippen LogP contribution is 2.36. The second kappa shape index (κ2) is 6.42. The molecule has 0 unspecified atom stereocenters. The first-order valence-corrected chi connectivity index (χ1v) is 8.32. The van der Waals surface area contributed by atoms with Crippen molar-refractivity contribution in [2.45, 2.75) is 0 Å². The van der Waals surface area contributed by atoms with Crippen molar-refractivity contribution in [2.24, 2.45) is 0 Å². The van der Waals surface area contributed by atoms with Gasteiger partial charge in [0.05, 0.1) is 10.6 Å². The van der Waals surface area contributed by atoms with Crippen LogP contribution < -0.4 is 4.90 Å². The highest BCUT2D eigenvalue weighted by molar-refractivity contribution is 8.27. The number of amides is 1. The van der Waals surface area contributed by atoms with E-state index in [9.17, 15) is 4.79 Å². The number of benzene rings is 2. The van der Waals surface area contributed by atoms with Crippen molar-refractivity contribution in [3.8, 4) is 0 Å². The summed E-state index contributed by atoms with van der Waals surface area (Å²) < 4.78 is 0.501. The van der Waals surface area contributed by atoms with E-state index in [4.69, 9.17) is 35.4 Å². The fourth-order valence-electron chi connectivity index (χ4n) is 2.03. The lowest BCUT2D eigenvalue weighted by atomic mass is 10.2. The minimum Gasteiger partial charge on any atom is -0.268 e. The summed E-state index contributed by atoms with van der Waals surface area (Å²) in [6.45, 7) is 0. The number of carbonyl (C=O) groups excluding carboxylic acids is 1. The molecule has 0 atom stereocenters. The molecule has 0 N–H and O–H groups in total. The molecule has 2 aromatic rings. The van der Waals surface area contributed by atoms with Gasteiger partial charge in [-0.1, -0.05) is 59.3 Å². The van der Waals surface area contributed by atoms with E-state index < -0.39 is 0 Å². The van der Waals surface area contributed by atoms with Crippen molar-refractivity contribution in [3.05, 3.63) is 69.0 Å². The molecular formula is C16H9Cl2NOS2. The molecule has 110 valence electrons.